The first-order valence-electron chi connectivity index (χ1n) is 8.13. The number of aryl methyl sites for hydroxylation is 1. The van der Waals surface area contributed by atoms with E-state index in [1.54, 1.807) is 0 Å². The van der Waals surface area contributed by atoms with Gasteiger partial charge in [-0.25, -0.2) is 0 Å². The molecule has 0 amide bonds. The molecule has 0 fully saturated rings. The van der Waals surface area contributed by atoms with Crippen molar-refractivity contribution in [3.63, 3.8) is 0 Å². The summed E-state index contributed by atoms with van der Waals surface area (Å²) in [5, 5.41) is 9.98. The van der Waals surface area contributed by atoms with Crippen molar-refractivity contribution in [3.8, 4) is 5.75 Å². The van der Waals surface area contributed by atoms with Crippen LogP contribution < -0.4 is 0 Å². The van der Waals surface area contributed by atoms with Crippen molar-refractivity contribution < 1.29 is 5.11 Å². The van der Waals surface area contributed by atoms with Gasteiger partial charge in [-0.05, 0) is 41.4 Å². The van der Waals surface area contributed by atoms with E-state index in [-0.39, 0.29) is 5.41 Å². The van der Waals surface area contributed by atoms with E-state index in [4.69, 9.17) is 0 Å². The maximum absolute atomic E-state index is 9.98. The topological polar surface area (TPSA) is 20.2 Å². The molecule has 1 heteroatoms. The molecule has 1 rings (SSSR count). The lowest BCUT2D eigenvalue weighted by Crippen LogP contribution is -2.11. The molecule has 0 bridgehead atoms. The smallest absolute Gasteiger partial charge is 0.118 e. The fourth-order valence-electron chi connectivity index (χ4n) is 2.47. The minimum atomic E-state index is 0.152. The molecule has 0 spiro atoms. The average Bonchev–Trinajstić information content (AvgIpc) is 2.33. The second-order valence-corrected chi connectivity index (χ2v) is 7.44. The molecule has 0 aliphatic carbocycles. The molecule has 114 valence electrons. The summed E-state index contributed by atoms with van der Waals surface area (Å²) in [4.78, 5) is 0. The normalized spacial score (nSPS) is 12.1. The van der Waals surface area contributed by atoms with Crippen molar-refractivity contribution in [2.75, 3.05) is 0 Å². The first-order chi connectivity index (χ1) is 9.30. The zero-order valence-electron chi connectivity index (χ0n) is 14.0. The molecule has 1 aromatic carbocycles. The number of hydrogen-bond acceptors (Lipinski definition) is 1. The highest BCUT2D eigenvalue weighted by molar-refractivity contribution is 5.38. The molecule has 0 saturated heterocycles. The Morgan fingerprint density at radius 1 is 1.00 bits per heavy atom. The molecule has 1 N–H and O–H groups in total. The molecule has 0 aliphatic rings. The van der Waals surface area contributed by atoms with Crippen LogP contribution in [0.15, 0.2) is 18.2 Å². The number of phenolic OH excluding ortho intramolecular Hbond substituents is 1. The third-order valence-electron chi connectivity index (χ3n) is 3.92. The minimum Gasteiger partial charge on any atom is -0.508 e. The predicted octanol–water partition coefficient (Wildman–Crippen LogP) is 5.84. The van der Waals surface area contributed by atoms with E-state index < -0.39 is 0 Å². The lowest BCUT2D eigenvalue weighted by atomic mass is 9.85. The first-order valence-corrected chi connectivity index (χ1v) is 8.13. The summed E-state index contributed by atoms with van der Waals surface area (Å²) in [6, 6.07) is 6.08. The van der Waals surface area contributed by atoms with E-state index in [0.29, 0.717) is 5.75 Å². The van der Waals surface area contributed by atoms with E-state index in [9.17, 15) is 5.11 Å². The summed E-state index contributed by atoms with van der Waals surface area (Å²) in [5.41, 5.74) is 2.58. The van der Waals surface area contributed by atoms with Crippen molar-refractivity contribution in [3.05, 3.63) is 29.3 Å². The lowest BCUT2D eigenvalue weighted by molar-refractivity contribution is 0.463. The Hall–Kier alpha value is -0.980. The summed E-state index contributed by atoms with van der Waals surface area (Å²) in [5.74, 6) is 1.28. The molecule has 1 aromatic rings. The van der Waals surface area contributed by atoms with Crippen LogP contribution in [0.1, 0.15) is 77.8 Å². The number of benzene rings is 1. The van der Waals surface area contributed by atoms with Crippen molar-refractivity contribution in [2.24, 2.45) is 5.92 Å². The van der Waals surface area contributed by atoms with Gasteiger partial charge in [0.2, 0.25) is 0 Å². The fourth-order valence-corrected chi connectivity index (χ4v) is 2.47. The van der Waals surface area contributed by atoms with Crippen molar-refractivity contribution >= 4 is 0 Å². The minimum absolute atomic E-state index is 0.152. The Kier molecular flexibility index (Phi) is 6.58. The molecule has 0 unspecified atom stereocenters. The van der Waals surface area contributed by atoms with Gasteiger partial charge in [0.05, 0.1) is 0 Å². The van der Waals surface area contributed by atoms with Gasteiger partial charge in [0, 0.05) is 0 Å². The van der Waals surface area contributed by atoms with Crippen LogP contribution in [0, 0.1) is 5.92 Å². The van der Waals surface area contributed by atoms with Gasteiger partial charge >= 0.3 is 0 Å². The quantitative estimate of drug-likeness (QED) is 0.620. The maximum atomic E-state index is 9.98. The Morgan fingerprint density at radius 3 is 2.25 bits per heavy atom. The van der Waals surface area contributed by atoms with Crippen LogP contribution in [0.25, 0.3) is 0 Å². The number of unbranched alkanes of at least 4 members (excludes halogenated alkanes) is 3. The zero-order chi connectivity index (χ0) is 15.2. The summed E-state index contributed by atoms with van der Waals surface area (Å²) in [6.07, 6.45) is 7.44. The largest absolute Gasteiger partial charge is 0.508 e. The molecule has 0 atom stereocenters. The van der Waals surface area contributed by atoms with Gasteiger partial charge in [0.15, 0.2) is 0 Å². The second-order valence-electron chi connectivity index (χ2n) is 7.44. The Bertz CT molecular complexity index is 399. The van der Waals surface area contributed by atoms with E-state index in [1.807, 2.05) is 12.1 Å². The Balaban J connectivity index is 2.43. The van der Waals surface area contributed by atoms with Gasteiger partial charge in [-0.15, -0.1) is 0 Å². The second kappa shape index (κ2) is 7.71. The molecule has 0 aliphatic heterocycles. The number of phenols is 1. The standard InChI is InChI=1S/C19H32O/c1-15(2)10-8-6-7-9-11-16-14-17(19(3,4)5)12-13-18(16)20/h12-15,20H,6-11H2,1-5H3. The Labute approximate surface area is 125 Å². The van der Waals surface area contributed by atoms with Crippen LogP contribution in [-0.4, -0.2) is 5.11 Å². The van der Waals surface area contributed by atoms with Gasteiger partial charge in [-0.2, -0.15) is 0 Å². The van der Waals surface area contributed by atoms with Crippen molar-refractivity contribution in [1.29, 1.82) is 0 Å². The first kappa shape index (κ1) is 17.1. The van der Waals surface area contributed by atoms with Crippen LogP contribution in [0.4, 0.5) is 0 Å². The molecule has 20 heavy (non-hydrogen) atoms. The Morgan fingerprint density at radius 2 is 1.65 bits per heavy atom. The van der Waals surface area contributed by atoms with E-state index in [1.165, 1.54) is 37.7 Å². The molecule has 0 radical (unpaired) electrons. The van der Waals surface area contributed by atoms with Gasteiger partial charge in [-0.3, -0.25) is 0 Å². The van der Waals surface area contributed by atoms with Crippen LogP contribution in [0.3, 0.4) is 0 Å². The number of aromatic hydroxyl groups is 1. The van der Waals surface area contributed by atoms with Crippen molar-refractivity contribution in [2.45, 2.75) is 78.6 Å². The van der Waals surface area contributed by atoms with Crippen LogP contribution in [0.2, 0.25) is 0 Å². The fraction of sp³-hybridized carbons (Fsp3) is 0.684. The molecule has 0 aromatic heterocycles. The number of rotatable bonds is 7. The molecular formula is C19H32O. The molecule has 1 nitrogen and oxygen atoms in total. The van der Waals surface area contributed by atoms with Gasteiger partial charge < -0.3 is 5.11 Å². The highest BCUT2D eigenvalue weighted by Crippen LogP contribution is 2.28. The molecular weight excluding hydrogens is 244 g/mol. The van der Waals surface area contributed by atoms with Gasteiger partial charge in [0.25, 0.3) is 0 Å². The average molecular weight is 276 g/mol. The molecule has 0 heterocycles. The highest BCUT2D eigenvalue weighted by atomic mass is 16.3. The van der Waals surface area contributed by atoms with Gasteiger partial charge in [-0.1, -0.05) is 72.4 Å². The van der Waals surface area contributed by atoms with E-state index >= 15 is 0 Å². The molecule has 0 saturated carbocycles. The monoisotopic (exact) mass is 276 g/mol. The summed E-state index contributed by atoms with van der Waals surface area (Å²) >= 11 is 0. The summed E-state index contributed by atoms with van der Waals surface area (Å²) < 4.78 is 0. The van der Waals surface area contributed by atoms with Crippen LogP contribution in [0.5, 0.6) is 5.75 Å². The summed E-state index contributed by atoms with van der Waals surface area (Å²) in [7, 11) is 0. The predicted molar refractivity (Wildman–Crippen MR) is 88.4 cm³/mol. The highest BCUT2D eigenvalue weighted by Gasteiger charge is 2.15. The third-order valence-corrected chi connectivity index (χ3v) is 3.92. The maximum Gasteiger partial charge on any atom is 0.118 e. The third kappa shape index (κ3) is 5.98. The van der Waals surface area contributed by atoms with Gasteiger partial charge in [0.1, 0.15) is 5.75 Å². The van der Waals surface area contributed by atoms with Crippen LogP contribution in [-0.2, 0) is 11.8 Å². The van der Waals surface area contributed by atoms with Crippen molar-refractivity contribution in [1.82, 2.24) is 0 Å². The SMILES string of the molecule is CC(C)CCCCCCc1cc(C(C)(C)C)ccc1O. The lowest BCUT2D eigenvalue weighted by Gasteiger charge is -2.20. The van der Waals surface area contributed by atoms with Crippen LogP contribution >= 0.6 is 0 Å². The number of hydrogen-bond donors (Lipinski definition) is 1. The zero-order valence-corrected chi connectivity index (χ0v) is 14.0. The van der Waals surface area contributed by atoms with E-state index in [0.717, 1.165) is 17.9 Å². The van der Waals surface area contributed by atoms with E-state index in [2.05, 4.69) is 40.7 Å². The summed E-state index contributed by atoms with van der Waals surface area (Å²) in [6.45, 7) is 11.2.